The van der Waals surface area contributed by atoms with Crippen LogP contribution in [0, 0.1) is 13.8 Å². The predicted octanol–water partition coefficient (Wildman–Crippen LogP) is 4.99. The zero-order valence-electron chi connectivity index (χ0n) is 15.0. The van der Waals surface area contributed by atoms with Crippen LogP contribution in [0.5, 0.6) is 0 Å². The van der Waals surface area contributed by atoms with Gasteiger partial charge in [-0.2, -0.15) is 0 Å². The van der Waals surface area contributed by atoms with Crippen LogP contribution in [0.2, 0.25) is 5.02 Å². The fourth-order valence-electron chi connectivity index (χ4n) is 2.90. The smallest absolute Gasteiger partial charge is 0.268 e. The van der Waals surface area contributed by atoms with E-state index in [1.807, 2.05) is 51.1 Å². The van der Waals surface area contributed by atoms with Crippen molar-refractivity contribution in [2.45, 2.75) is 27.3 Å². The van der Waals surface area contributed by atoms with Crippen molar-refractivity contribution in [2.75, 3.05) is 5.75 Å². The van der Waals surface area contributed by atoms with Gasteiger partial charge in [0.15, 0.2) is 0 Å². The Morgan fingerprint density at radius 3 is 2.27 bits per heavy atom. The van der Waals surface area contributed by atoms with Gasteiger partial charge in [-0.1, -0.05) is 48.9 Å². The van der Waals surface area contributed by atoms with E-state index < -0.39 is 0 Å². The molecule has 0 bridgehead atoms. The van der Waals surface area contributed by atoms with E-state index in [2.05, 4.69) is 0 Å². The lowest BCUT2D eigenvalue weighted by molar-refractivity contribution is -0.137. The largest absolute Gasteiger partial charge is 0.269 e. The van der Waals surface area contributed by atoms with Crippen molar-refractivity contribution >= 4 is 40.8 Å². The van der Waals surface area contributed by atoms with Crippen molar-refractivity contribution in [3.63, 3.8) is 0 Å². The first-order chi connectivity index (χ1) is 12.4. The van der Waals surface area contributed by atoms with Gasteiger partial charge in [-0.05, 0) is 54.0 Å². The molecule has 1 aliphatic heterocycles. The molecule has 0 atom stereocenters. The van der Waals surface area contributed by atoms with Crippen molar-refractivity contribution in [1.29, 1.82) is 0 Å². The quantitative estimate of drug-likeness (QED) is 0.680. The Bertz CT molecular complexity index is 903. The fourth-order valence-corrected chi connectivity index (χ4v) is 3.90. The van der Waals surface area contributed by atoms with Crippen LogP contribution < -0.4 is 0 Å². The average Bonchev–Trinajstić information content (AvgIpc) is 2.84. The Hall–Kier alpha value is -2.04. The molecule has 1 heterocycles. The zero-order chi connectivity index (χ0) is 18.8. The number of carbonyl (C=O) groups excluding carboxylic acids is 2. The van der Waals surface area contributed by atoms with Gasteiger partial charge in [0.2, 0.25) is 0 Å². The summed E-state index contributed by atoms with van der Waals surface area (Å²) in [6.45, 7) is 6.27. The van der Waals surface area contributed by atoms with E-state index >= 15 is 0 Å². The summed E-state index contributed by atoms with van der Waals surface area (Å²) >= 11 is 7.35. The van der Waals surface area contributed by atoms with Gasteiger partial charge in [0.05, 0.1) is 17.0 Å². The molecule has 0 saturated heterocycles. The highest BCUT2D eigenvalue weighted by Gasteiger charge is 2.38. The zero-order valence-corrected chi connectivity index (χ0v) is 16.6. The molecule has 0 fully saturated rings. The van der Waals surface area contributed by atoms with E-state index in [-0.39, 0.29) is 18.4 Å². The summed E-state index contributed by atoms with van der Waals surface area (Å²) < 4.78 is 0. The third kappa shape index (κ3) is 3.57. The van der Waals surface area contributed by atoms with E-state index in [0.29, 0.717) is 15.5 Å². The van der Waals surface area contributed by atoms with Crippen LogP contribution in [0.1, 0.15) is 29.2 Å². The molecule has 1 aliphatic rings. The number of aryl methyl sites for hydroxylation is 2. The Balaban J connectivity index is 1.98. The molecule has 0 unspecified atom stereocenters. The van der Waals surface area contributed by atoms with Crippen LogP contribution in [0.3, 0.4) is 0 Å². The van der Waals surface area contributed by atoms with Crippen LogP contribution in [0.25, 0.3) is 5.57 Å². The van der Waals surface area contributed by atoms with E-state index in [0.717, 1.165) is 28.0 Å². The van der Waals surface area contributed by atoms with E-state index in [9.17, 15) is 9.59 Å². The lowest BCUT2D eigenvalue weighted by Gasteiger charge is -2.15. The molecule has 2 aromatic carbocycles. The maximum absolute atomic E-state index is 13.1. The van der Waals surface area contributed by atoms with Gasteiger partial charge in [-0.25, -0.2) is 0 Å². The number of imide groups is 1. The number of nitrogens with zero attached hydrogens (tertiary/aromatic N) is 1. The predicted molar refractivity (Wildman–Crippen MR) is 108 cm³/mol. The fraction of sp³-hybridized carbons (Fsp3) is 0.238. The maximum Gasteiger partial charge on any atom is 0.268 e. The van der Waals surface area contributed by atoms with Gasteiger partial charge >= 0.3 is 0 Å². The maximum atomic E-state index is 13.1. The molecule has 0 saturated carbocycles. The number of carbonyl (C=O) groups is 2. The standard InChI is InChI=1S/C21H20ClNO2S/c1-4-26-19-18(16-8-5-13(2)14(3)11-16)20(24)23(21(19)25)12-15-6-9-17(22)10-7-15/h5-11H,4,12H2,1-3H3. The second-order valence-electron chi connectivity index (χ2n) is 6.26. The third-order valence-electron chi connectivity index (χ3n) is 4.46. The van der Waals surface area contributed by atoms with E-state index in [1.54, 1.807) is 12.1 Å². The highest BCUT2D eigenvalue weighted by atomic mass is 35.5. The Morgan fingerprint density at radius 1 is 0.962 bits per heavy atom. The molecule has 2 amide bonds. The van der Waals surface area contributed by atoms with Crippen molar-refractivity contribution in [3.8, 4) is 0 Å². The summed E-state index contributed by atoms with van der Waals surface area (Å²) in [7, 11) is 0. The van der Waals surface area contributed by atoms with Crippen LogP contribution in [0.4, 0.5) is 0 Å². The summed E-state index contributed by atoms with van der Waals surface area (Å²) in [5, 5.41) is 0.629. The molecule has 3 rings (SSSR count). The summed E-state index contributed by atoms with van der Waals surface area (Å²) in [5.74, 6) is 0.284. The van der Waals surface area contributed by atoms with Crippen LogP contribution in [0.15, 0.2) is 47.4 Å². The number of amides is 2. The van der Waals surface area contributed by atoms with Crippen LogP contribution in [-0.4, -0.2) is 22.5 Å². The monoisotopic (exact) mass is 385 g/mol. The van der Waals surface area contributed by atoms with Crippen molar-refractivity contribution in [2.24, 2.45) is 0 Å². The van der Waals surface area contributed by atoms with Crippen LogP contribution in [-0.2, 0) is 16.1 Å². The number of thioether (sulfide) groups is 1. The molecular formula is C21H20ClNO2S. The Morgan fingerprint density at radius 2 is 1.65 bits per heavy atom. The van der Waals surface area contributed by atoms with Crippen molar-refractivity contribution < 1.29 is 9.59 Å². The third-order valence-corrected chi connectivity index (χ3v) is 5.67. The normalized spacial score (nSPS) is 14.5. The number of halogens is 1. The number of hydrogen-bond donors (Lipinski definition) is 0. The van der Waals surface area contributed by atoms with Crippen LogP contribution >= 0.6 is 23.4 Å². The minimum atomic E-state index is -0.232. The topological polar surface area (TPSA) is 37.4 Å². The molecule has 3 nitrogen and oxygen atoms in total. The molecule has 0 radical (unpaired) electrons. The van der Waals surface area contributed by atoms with Crippen molar-refractivity contribution in [1.82, 2.24) is 4.90 Å². The van der Waals surface area contributed by atoms with Gasteiger partial charge in [0, 0.05) is 5.02 Å². The second-order valence-corrected chi connectivity index (χ2v) is 7.97. The number of hydrogen-bond acceptors (Lipinski definition) is 3. The first-order valence-corrected chi connectivity index (χ1v) is 9.84. The van der Waals surface area contributed by atoms with E-state index in [4.69, 9.17) is 11.6 Å². The highest BCUT2D eigenvalue weighted by molar-refractivity contribution is 8.04. The second kappa shape index (κ2) is 7.68. The summed E-state index contributed by atoms with van der Waals surface area (Å²) in [6.07, 6.45) is 0. The Kier molecular flexibility index (Phi) is 5.54. The first kappa shape index (κ1) is 18.7. The highest BCUT2D eigenvalue weighted by Crippen LogP contribution is 2.37. The summed E-state index contributed by atoms with van der Waals surface area (Å²) in [5.41, 5.74) is 4.46. The summed E-state index contributed by atoms with van der Waals surface area (Å²) in [6, 6.07) is 13.1. The minimum absolute atomic E-state index is 0.218. The van der Waals surface area contributed by atoms with Gasteiger partial charge in [0.25, 0.3) is 11.8 Å². The van der Waals surface area contributed by atoms with Gasteiger partial charge in [-0.3, -0.25) is 14.5 Å². The molecule has 2 aromatic rings. The average molecular weight is 386 g/mol. The number of rotatable bonds is 5. The number of benzene rings is 2. The lowest BCUT2D eigenvalue weighted by Crippen LogP contribution is -2.30. The molecule has 0 N–H and O–H groups in total. The molecule has 0 aromatic heterocycles. The Labute approximate surface area is 163 Å². The molecule has 5 heteroatoms. The molecule has 26 heavy (non-hydrogen) atoms. The first-order valence-electron chi connectivity index (χ1n) is 8.47. The molecule has 134 valence electrons. The van der Waals surface area contributed by atoms with Gasteiger partial charge < -0.3 is 0 Å². The van der Waals surface area contributed by atoms with Gasteiger partial charge in [-0.15, -0.1) is 11.8 Å². The van der Waals surface area contributed by atoms with Crippen molar-refractivity contribution in [3.05, 3.63) is 74.6 Å². The molecular weight excluding hydrogens is 366 g/mol. The van der Waals surface area contributed by atoms with Gasteiger partial charge in [0.1, 0.15) is 0 Å². The summed E-state index contributed by atoms with van der Waals surface area (Å²) in [4.78, 5) is 27.9. The minimum Gasteiger partial charge on any atom is -0.269 e. The molecule has 0 aliphatic carbocycles. The SMILES string of the molecule is CCSC1=C(c2ccc(C)c(C)c2)C(=O)N(Cc2ccc(Cl)cc2)C1=O. The van der Waals surface area contributed by atoms with E-state index in [1.165, 1.54) is 16.7 Å². The lowest BCUT2D eigenvalue weighted by atomic mass is 10.0. The molecule has 0 spiro atoms.